The predicted octanol–water partition coefficient (Wildman–Crippen LogP) is 3.61. The molecule has 1 aliphatic rings. The van der Waals surface area contributed by atoms with Gasteiger partial charge in [-0.1, -0.05) is 30.3 Å². The van der Waals surface area contributed by atoms with Gasteiger partial charge in [0.15, 0.2) is 0 Å². The van der Waals surface area contributed by atoms with Crippen molar-refractivity contribution in [1.29, 1.82) is 0 Å². The number of hydrogen-bond acceptors (Lipinski definition) is 5. The third-order valence-corrected chi connectivity index (χ3v) is 3.87. The lowest BCUT2D eigenvalue weighted by Gasteiger charge is -2.09. The van der Waals surface area contributed by atoms with Gasteiger partial charge in [0.1, 0.15) is 0 Å². The van der Waals surface area contributed by atoms with E-state index in [-0.39, 0.29) is 0 Å². The van der Waals surface area contributed by atoms with Crippen LogP contribution in [0, 0.1) is 0 Å². The molecule has 0 saturated carbocycles. The molecule has 0 spiro atoms. The summed E-state index contributed by atoms with van der Waals surface area (Å²) in [6.07, 6.45) is -3.23. The van der Waals surface area contributed by atoms with Crippen LogP contribution in [0.25, 0.3) is 10.9 Å². The van der Waals surface area contributed by atoms with E-state index in [9.17, 15) is 13.2 Å². The molecule has 0 atom stereocenters. The summed E-state index contributed by atoms with van der Waals surface area (Å²) in [6, 6.07) is 14.3. The van der Waals surface area contributed by atoms with Gasteiger partial charge in [0, 0.05) is 30.4 Å². The fourth-order valence-corrected chi connectivity index (χ4v) is 2.60. The number of carboxylic acid groups (broad SMARTS) is 1. The van der Waals surface area contributed by atoms with Crippen LogP contribution in [0.5, 0.6) is 0 Å². The monoisotopic (exact) mass is 376 g/mol. The summed E-state index contributed by atoms with van der Waals surface area (Å²) < 4.78 is 31.7. The zero-order valence-electron chi connectivity index (χ0n) is 13.9. The van der Waals surface area contributed by atoms with E-state index in [1.165, 1.54) is 11.1 Å². The number of halogens is 3. The number of aliphatic carboxylic acids is 1. The molecular formula is C18H15F3N4O2. The maximum absolute atomic E-state index is 10.6. The SMILES string of the molecule is O=C(O)C(F)(F)F.c1cc2c(c(Nc3ncc4ccccc4n3)c1)CNC2. The van der Waals surface area contributed by atoms with Gasteiger partial charge in [0.05, 0.1) is 5.52 Å². The molecule has 0 unspecified atom stereocenters. The fourth-order valence-electron chi connectivity index (χ4n) is 2.60. The Labute approximate surface area is 152 Å². The van der Waals surface area contributed by atoms with Crippen molar-refractivity contribution in [3.8, 4) is 0 Å². The smallest absolute Gasteiger partial charge is 0.475 e. The van der Waals surface area contributed by atoms with Crippen molar-refractivity contribution in [2.45, 2.75) is 19.3 Å². The third-order valence-electron chi connectivity index (χ3n) is 3.87. The molecule has 4 rings (SSSR count). The van der Waals surface area contributed by atoms with Crippen LogP contribution in [-0.4, -0.2) is 27.2 Å². The van der Waals surface area contributed by atoms with Crippen molar-refractivity contribution in [2.24, 2.45) is 0 Å². The number of aromatic nitrogens is 2. The second-order valence-electron chi connectivity index (χ2n) is 5.73. The second kappa shape index (κ2) is 7.58. The molecule has 0 aliphatic carbocycles. The Kier molecular flexibility index (Phi) is 5.22. The van der Waals surface area contributed by atoms with Gasteiger partial charge < -0.3 is 15.7 Å². The van der Waals surface area contributed by atoms with Gasteiger partial charge in [-0.15, -0.1) is 0 Å². The van der Waals surface area contributed by atoms with Crippen LogP contribution in [0.4, 0.5) is 24.8 Å². The zero-order valence-corrected chi connectivity index (χ0v) is 13.9. The number of nitrogens with zero attached hydrogens (tertiary/aromatic N) is 2. The molecule has 0 saturated heterocycles. The Morgan fingerprint density at radius 1 is 1.11 bits per heavy atom. The molecule has 6 nitrogen and oxygen atoms in total. The van der Waals surface area contributed by atoms with Crippen LogP contribution in [0.1, 0.15) is 11.1 Å². The number of para-hydroxylation sites is 1. The Morgan fingerprint density at radius 2 is 1.85 bits per heavy atom. The van der Waals surface area contributed by atoms with Gasteiger partial charge in [0.25, 0.3) is 0 Å². The van der Waals surface area contributed by atoms with Gasteiger partial charge in [-0.05, 0) is 23.3 Å². The molecule has 0 amide bonds. The van der Waals surface area contributed by atoms with Gasteiger partial charge in [-0.3, -0.25) is 0 Å². The van der Waals surface area contributed by atoms with E-state index in [4.69, 9.17) is 9.90 Å². The first-order valence-electron chi connectivity index (χ1n) is 7.95. The van der Waals surface area contributed by atoms with E-state index in [1.54, 1.807) is 0 Å². The molecule has 2 heterocycles. The van der Waals surface area contributed by atoms with Crippen molar-refractivity contribution in [1.82, 2.24) is 15.3 Å². The zero-order chi connectivity index (χ0) is 19.4. The van der Waals surface area contributed by atoms with E-state index in [2.05, 4.69) is 38.8 Å². The topological polar surface area (TPSA) is 87.1 Å². The number of anilines is 2. The number of fused-ring (bicyclic) bond motifs is 2. The fraction of sp³-hybridized carbons (Fsp3) is 0.167. The standard InChI is InChI=1S/C16H14N4.C2HF3O2/c1-2-6-14-12(4-1)9-18-16(19-14)20-15-7-3-5-11-8-17-10-13(11)15;3-2(4,5)1(6)7/h1-7,9,17H,8,10H2,(H,18,19,20);(H,6,7). The first-order chi connectivity index (χ1) is 12.8. The minimum atomic E-state index is -5.08. The Balaban J connectivity index is 0.000000260. The van der Waals surface area contributed by atoms with E-state index < -0.39 is 12.1 Å². The number of nitrogens with one attached hydrogen (secondary N) is 2. The molecule has 0 bridgehead atoms. The van der Waals surface area contributed by atoms with Gasteiger partial charge >= 0.3 is 12.1 Å². The van der Waals surface area contributed by atoms with E-state index in [1.807, 2.05) is 30.5 Å². The van der Waals surface area contributed by atoms with Crippen molar-refractivity contribution >= 4 is 28.5 Å². The summed E-state index contributed by atoms with van der Waals surface area (Å²) in [5.41, 5.74) is 4.69. The number of benzene rings is 2. The molecule has 140 valence electrons. The molecule has 2 aromatic carbocycles. The van der Waals surface area contributed by atoms with Gasteiger partial charge in [0.2, 0.25) is 5.95 Å². The minimum absolute atomic E-state index is 0.643. The molecule has 1 aromatic heterocycles. The first-order valence-corrected chi connectivity index (χ1v) is 7.95. The summed E-state index contributed by atoms with van der Waals surface area (Å²) in [4.78, 5) is 17.8. The summed E-state index contributed by atoms with van der Waals surface area (Å²) >= 11 is 0. The van der Waals surface area contributed by atoms with Gasteiger partial charge in [-0.2, -0.15) is 13.2 Å². The van der Waals surface area contributed by atoms with Crippen LogP contribution in [-0.2, 0) is 17.9 Å². The maximum Gasteiger partial charge on any atom is 0.490 e. The minimum Gasteiger partial charge on any atom is -0.475 e. The van der Waals surface area contributed by atoms with E-state index in [0.717, 1.165) is 29.7 Å². The van der Waals surface area contributed by atoms with Crippen molar-refractivity contribution in [2.75, 3.05) is 5.32 Å². The predicted molar refractivity (Wildman–Crippen MR) is 93.5 cm³/mol. The van der Waals surface area contributed by atoms with Gasteiger partial charge in [-0.25, -0.2) is 14.8 Å². The summed E-state index contributed by atoms with van der Waals surface area (Å²) in [7, 11) is 0. The highest BCUT2D eigenvalue weighted by Crippen LogP contribution is 2.26. The van der Waals surface area contributed by atoms with E-state index >= 15 is 0 Å². The average molecular weight is 376 g/mol. The maximum atomic E-state index is 10.6. The number of carbonyl (C=O) groups is 1. The van der Waals surface area contributed by atoms with Crippen molar-refractivity contribution in [3.05, 3.63) is 59.8 Å². The van der Waals surface area contributed by atoms with Crippen molar-refractivity contribution in [3.63, 3.8) is 0 Å². The molecule has 3 N–H and O–H groups in total. The quantitative estimate of drug-likeness (QED) is 0.633. The van der Waals surface area contributed by atoms with Crippen LogP contribution in [0.3, 0.4) is 0 Å². The Hall–Kier alpha value is -3.20. The van der Waals surface area contributed by atoms with Crippen LogP contribution < -0.4 is 10.6 Å². The molecule has 0 fully saturated rings. The molecule has 3 aromatic rings. The lowest BCUT2D eigenvalue weighted by molar-refractivity contribution is -0.192. The molecular weight excluding hydrogens is 361 g/mol. The van der Waals surface area contributed by atoms with Crippen LogP contribution in [0.15, 0.2) is 48.7 Å². The second-order valence-corrected chi connectivity index (χ2v) is 5.73. The largest absolute Gasteiger partial charge is 0.490 e. The summed E-state index contributed by atoms with van der Waals surface area (Å²) in [5, 5.41) is 14.9. The third kappa shape index (κ3) is 4.50. The number of hydrogen-bond donors (Lipinski definition) is 3. The lowest BCUT2D eigenvalue weighted by atomic mass is 10.1. The summed E-state index contributed by atoms with van der Waals surface area (Å²) in [6.45, 7) is 1.83. The van der Waals surface area contributed by atoms with Crippen molar-refractivity contribution < 1.29 is 23.1 Å². The number of carboxylic acids is 1. The first kappa shape index (κ1) is 18.6. The molecule has 0 radical (unpaired) electrons. The molecule has 1 aliphatic heterocycles. The van der Waals surface area contributed by atoms with Crippen LogP contribution in [0.2, 0.25) is 0 Å². The van der Waals surface area contributed by atoms with E-state index in [0.29, 0.717) is 5.95 Å². The highest BCUT2D eigenvalue weighted by atomic mass is 19.4. The number of alkyl halides is 3. The summed E-state index contributed by atoms with van der Waals surface area (Å²) in [5.74, 6) is -2.11. The molecule has 27 heavy (non-hydrogen) atoms. The lowest BCUT2D eigenvalue weighted by Crippen LogP contribution is -2.21. The average Bonchev–Trinajstić information content (AvgIpc) is 3.11. The molecule has 9 heteroatoms. The Bertz CT molecular complexity index is 976. The highest BCUT2D eigenvalue weighted by molar-refractivity contribution is 5.79. The Morgan fingerprint density at radius 3 is 2.59 bits per heavy atom. The highest BCUT2D eigenvalue weighted by Gasteiger charge is 2.38. The number of rotatable bonds is 2. The normalized spacial score (nSPS) is 12.9. The van der Waals surface area contributed by atoms with Crippen LogP contribution >= 0.6 is 0 Å².